The largest absolute Gasteiger partial charge is 0.340 e. The van der Waals surface area contributed by atoms with Crippen LogP contribution < -0.4 is 5.73 Å². The number of nitrogens with zero attached hydrogens (tertiary/aromatic N) is 2. The lowest BCUT2D eigenvalue weighted by Gasteiger charge is -2.18. The van der Waals surface area contributed by atoms with E-state index < -0.39 is 0 Å². The van der Waals surface area contributed by atoms with Crippen LogP contribution in [0.3, 0.4) is 0 Å². The predicted molar refractivity (Wildman–Crippen MR) is 65.1 cm³/mol. The number of thioether (sulfide) groups is 1. The molecule has 3 N–H and O–H groups in total. The summed E-state index contributed by atoms with van der Waals surface area (Å²) in [7, 11) is 0. The third-order valence-corrected chi connectivity index (χ3v) is 3.60. The summed E-state index contributed by atoms with van der Waals surface area (Å²) in [5, 5.41) is 1.05. The third kappa shape index (κ3) is 2.62. The summed E-state index contributed by atoms with van der Waals surface area (Å²) in [6.45, 7) is 1.99. The fourth-order valence-corrected chi connectivity index (χ4v) is 2.45. The molecule has 2 aromatic rings. The molecule has 0 saturated carbocycles. The van der Waals surface area contributed by atoms with Crippen LogP contribution in [0, 0.1) is 0 Å². The molecule has 2 unspecified atom stereocenters. The molecular formula is C11H14N4S. The van der Waals surface area contributed by atoms with E-state index in [0.717, 1.165) is 10.7 Å². The summed E-state index contributed by atoms with van der Waals surface area (Å²) in [6, 6.07) is 4.00. The number of imidazole rings is 1. The van der Waals surface area contributed by atoms with E-state index in [0.29, 0.717) is 0 Å². The van der Waals surface area contributed by atoms with Crippen molar-refractivity contribution in [2.24, 2.45) is 5.73 Å². The molecule has 84 valence electrons. The maximum Gasteiger partial charge on any atom is 0.165 e. The Morgan fingerprint density at radius 3 is 2.88 bits per heavy atom. The number of hydrogen-bond donors (Lipinski definition) is 2. The lowest BCUT2D eigenvalue weighted by molar-refractivity contribution is 0.716. The second-order valence-electron chi connectivity index (χ2n) is 3.58. The Bertz CT molecular complexity index is 413. The van der Waals surface area contributed by atoms with Gasteiger partial charge in [0, 0.05) is 30.8 Å². The van der Waals surface area contributed by atoms with Crippen LogP contribution >= 0.6 is 11.8 Å². The molecule has 0 aliphatic heterocycles. The van der Waals surface area contributed by atoms with Gasteiger partial charge < -0.3 is 10.7 Å². The lowest BCUT2D eigenvalue weighted by atomic mass is 10.1. The number of nitrogens with one attached hydrogen (secondary N) is 1. The van der Waals surface area contributed by atoms with Crippen LogP contribution in [-0.4, -0.2) is 21.0 Å². The number of H-pyrrole nitrogens is 1. The number of pyridine rings is 1. The van der Waals surface area contributed by atoms with Crippen LogP contribution in [0.15, 0.2) is 42.1 Å². The average molecular weight is 234 g/mol. The number of rotatable bonds is 4. The van der Waals surface area contributed by atoms with Crippen molar-refractivity contribution in [3.63, 3.8) is 0 Å². The summed E-state index contributed by atoms with van der Waals surface area (Å²) in [6.07, 6.45) is 7.16. The Morgan fingerprint density at radius 1 is 1.44 bits per heavy atom. The van der Waals surface area contributed by atoms with Gasteiger partial charge in [-0.3, -0.25) is 4.98 Å². The molecule has 2 heterocycles. The van der Waals surface area contributed by atoms with E-state index in [-0.39, 0.29) is 11.3 Å². The van der Waals surface area contributed by atoms with Gasteiger partial charge in [-0.2, -0.15) is 0 Å². The van der Waals surface area contributed by atoms with Gasteiger partial charge in [0.05, 0.1) is 5.25 Å². The molecule has 0 fully saturated rings. The highest BCUT2D eigenvalue weighted by Gasteiger charge is 2.18. The van der Waals surface area contributed by atoms with E-state index in [2.05, 4.69) is 15.0 Å². The van der Waals surface area contributed by atoms with Crippen molar-refractivity contribution in [1.82, 2.24) is 15.0 Å². The molecule has 0 aliphatic carbocycles. The van der Waals surface area contributed by atoms with Crippen molar-refractivity contribution < 1.29 is 0 Å². The minimum absolute atomic E-state index is 0.0410. The molecule has 0 bridgehead atoms. The molecule has 0 radical (unpaired) electrons. The van der Waals surface area contributed by atoms with Crippen molar-refractivity contribution >= 4 is 11.8 Å². The second-order valence-corrected chi connectivity index (χ2v) is 4.71. The molecular weight excluding hydrogens is 220 g/mol. The summed E-state index contributed by atoms with van der Waals surface area (Å²) >= 11 is 1.62. The van der Waals surface area contributed by atoms with Crippen LogP contribution in [0.1, 0.15) is 17.7 Å². The highest BCUT2D eigenvalue weighted by Crippen LogP contribution is 2.34. The predicted octanol–water partition coefficient (Wildman–Crippen LogP) is 1.99. The van der Waals surface area contributed by atoms with Crippen LogP contribution in [0.25, 0.3) is 0 Å². The molecule has 4 nitrogen and oxygen atoms in total. The maximum atomic E-state index is 5.99. The summed E-state index contributed by atoms with van der Waals surface area (Å²) < 4.78 is 0. The molecule has 0 saturated heterocycles. The van der Waals surface area contributed by atoms with Crippen LogP contribution in [0.2, 0.25) is 0 Å². The molecule has 0 aromatic carbocycles. The quantitative estimate of drug-likeness (QED) is 0.794. The van der Waals surface area contributed by atoms with Crippen LogP contribution in [0.5, 0.6) is 0 Å². The normalized spacial score (nSPS) is 14.6. The van der Waals surface area contributed by atoms with Crippen molar-refractivity contribution in [2.75, 3.05) is 0 Å². The topological polar surface area (TPSA) is 67.6 Å². The minimum atomic E-state index is 0.0410. The number of aromatic amines is 1. The first-order valence-electron chi connectivity index (χ1n) is 5.09. The zero-order valence-corrected chi connectivity index (χ0v) is 9.82. The zero-order chi connectivity index (χ0) is 11.4. The van der Waals surface area contributed by atoms with E-state index in [1.165, 1.54) is 0 Å². The first-order chi connectivity index (χ1) is 7.77. The van der Waals surface area contributed by atoms with E-state index in [4.69, 9.17) is 5.73 Å². The molecule has 2 aromatic heterocycles. The van der Waals surface area contributed by atoms with Gasteiger partial charge in [-0.05, 0) is 18.6 Å². The van der Waals surface area contributed by atoms with E-state index >= 15 is 0 Å². The average Bonchev–Trinajstić information content (AvgIpc) is 2.79. The van der Waals surface area contributed by atoms with Gasteiger partial charge in [0.2, 0.25) is 0 Å². The zero-order valence-electron chi connectivity index (χ0n) is 9.00. The van der Waals surface area contributed by atoms with Gasteiger partial charge in [-0.15, -0.1) is 0 Å². The van der Waals surface area contributed by atoms with Crippen LogP contribution in [-0.2, 0) is 0 Å². The standard InChI is InChI=1S/C11H14N4S/c1-8(12)10(9-3-2-4-13-7-9)16-11-14-5-6-15-11/h2-8,10H,12H2,1H3,(H,14,15). The summed E-state index contributed by atoms with van der Waals surface area (Å²) in [5.41, 5.74) is 7.12. The fourth-order valence-electron chi connectivity index (χ4n) is 1.46. The van der Waals surface area contributed by atoms with Crippen molar-refractivity contribution in [1.29, 1.82) is 0 Å². The number of aromatic nitrogens is 3. The highest BCUT2D eigenvalue weighted by molar-refractivity contribution is 7.99. The monoisotopic (exact) mass is 234 g/mol. The smallest absolute Gasteiger partial charge is 0.165 e. The Balaban J connectivity index is 2.18. The Kier molecular flexibility index (Phi) is 3.58. The van der Waals surface area contributed by atoms with Crippen LogP contribution in [0.4, 0.5) is 0 Å². The lowest BCUT2D eigenvalue weighted by Crippen LogP contribution is -2.22. The molecule has 5 heteroatoms. The van der Waals surface area contributed by atoms with Gasteiger partial charge in [0.25, 0.3) is 0 Å². The first-order valence-corrected chi connectivity index (χ1v) is 5.97. The Hall–Kier alpha value is -1.33. The van der Waals surface area contributed by atoms with E-state index in [9.17, 15) is 0 Å². The minimum Gasteiger partial charge on any atom is -0.340 e. The molecule has 16 heavy (non-hydrogen) atoms. The molecule has 0 amide bonds. The van der Waals surface area contributed by atoms with Crippen molar-refractivity contribution in [3.8, 4) is 0 Å². The second kappa shape index (κ2) is 5.14. The van der Waals surface area contributed by atoms with Gasteiger partial charge in [0.1, 0.15) is 0 Å². The number of nitrogens with two attached hydrogens (primary N) is 1. The van der Waals surface area contributed by atoms with Crippen molar-refractivity contribution in [2.45, 2.75) is 23.4 Å². The number of hydrogen-bond acceptors (Lipinski definition) is 4. The molecule has 2 rings (SSSR count). The van der Waals surface area contributed by atoms with Gasteiger partial charge in [-0.1, -0.05) is 17.8 Å². The SMILES string of the molecule is CC(N)C(Sc1ncc[nH]1)c1cccnc1. The maximum absolute atomic E-state index is 5.99. The molecule has 0 spiro atoms. The van der Waals surface area contributed by atoms with E-state index in [1.54, 1.807) is 24.2 Å². The third-order valence-electron chi connectivity index (χ3n) is 2.20. The fraction of sp³-hybridized carbons (Fsp3) is 0.273. The highest BCUT2D eigenvalue weighted by atomic mass is 32.2. The van der Waals surface area contributed by atoms with Crippen molar-refractivity contribution in [3.05, 3.63) is 42.5 Å². The summed E-state index contributed by atoms with van der Waals surface area (Å²) in [4.78, 5) is 11.4. The Morgan fingerprint density at radius 2 is 2.31 bits per heavy atom. The molecule has 0 aliphatic rings. The van der Waals surface area contributed by atoms with Gasteiger partial charge in [-0.25, -0.2) is 4.98 Å². The van der Waals surface area contributed by atoms with Gasteiger partial charge >= 0.3 is 0 Å². The Labute approximate surface area is 98.7 Å². The summed E-state index contributed by atoms with van der Waals surface area (Å²) in [5.74, 6) is 0. The van der Waals surface area contributed by atoms with Gasteiger partial charge in [0.15, 0.2) is 5.16 Å². The first kappa shape index (κ1) is 11.2. The molecule has 2 atom stereocenters. The van der Waals surface area contributed by atoms with E-state index in [1.807, 2.05) is 31.5 Å².